The van der Waals surface area contributed by atoms with E-state index in [-0.39, 0.29) is 18.4 Å². The average Bonchev–Trinajstić information content (AvgIpc) is 2.94. The van der Waals surface area contributed by atoms with Crippen molar-refractivity contribution in [2.75, 3.05) is 26.2 Å². The standard InChI is InChI=1S/C24H34N4O2/c1-18-21(20-8-4-5-9-22(20)28(18)17-23(25)29)16-26-14-10-19(11-15-26)24(30)27-12-6-2-3-7-13-27/h4-5,8-9,19H,2-3,6-7,10-17H2,1H3,(H2,25,29). The highest BCUT2D eigenvalue weighted by molar-refractivity contribution is 5.87. The van der Waals surface area contributed by atoms with Crippen molar-refractivity contribution >= 4 is 22.7 Å². The van der Waals surface area contributed by atoms with Crippen LogP contribution >= 0.6 is 0 Å². The number of primary amides is 1. The van der Waals surface area contributed by atoms with Gasteiger partial charge in [-0.1, -0.05) is 31.0 Å². The third-order valence-electron chi connectivity index (χ3n) is 6.91. The number of carbonyl (C=O) groups excluding carboxylic acids is 2. The van der Waals surface area contributed by atoms with Gasteiger partial charge >= 0.3 is 0 Å². The van der Waals surface area contributed by atoms with Crippen molar-refractivity contribution in [3.05, 3.63) is 35.5 Å². The number of nitrogens with zero attached hydrogens (tertiary/aromatic N) is 3. The van der Waals surface area contributed by atoms with Gasteiger partial charge in [0.15, 0.2) is 0 Å². The zero-order chi connectivity index (χ0) is 21.1. The van der Waals surface area contributed by atoms with Crippen LogP contribution in [0.3, 0.4) is 0 Å². The summed E-state index contributed by atoms with van der Waals surface area (Å²) in [7, 11) is 0. The maximum atomic E-state index is 13.0. The van der Waals surface area contributed by atoms with Crippen LogP contribution in [0.4, 0.5) is 0 Å². The molecule has 162 valence electrons. The SMILES string of the molecule is Cc1c(CN2CCC(C(=O)N3CCCCCC3)CC2)c2ccccc2n1CC(N)=O. The molecule has 2 saturated heterocycles. The first-order valence-electron chi connectivity index (χ1n) is 11.4. The topological polar surface area (TPSA) is 71.6 Å². The van der Waals surface area contributed by atoms with Crippen LogP contribution in [0.25, 0.3) is 10.9 Å². The van der Waals surface area contributed by atoms with Crippen LogP contribution in [0.1, 0.15) is 49.8 Å². The number of likely N-dealkylation sites (tertiary alicyclic amines) is 2. The second-order valence-electron chi connectivity index (χ2n) is 8.92. The zero-order valence-corrected chi connectivity index (χ0v) is 18.1. The normalized spacial score (nSPS) is 19.2. The lowest BCUT2D eigenvalue weighted by Gasteiger charge is -2.34. The summed E-state index contributed by atoms with van der Waals surface area (Å²) >= 11 is 0. The van der Waals surface area contributed by atoms with E-state index in [9.17, 15) is 9.59 Å². The summed E-state index contributed by atoms with van der Waals surface area (Å²) in [5.41, 5.74) is 8.93. The van der Waals surface area contributed by atoms with Crippen LogP contribution in [0.5, 0.6) is 0 Å². The Hall–Kier alpha value is -2.34. The molecule has 2 aliphatic heterocycles. The third kappa shape index (κ3) is 4.38. The monoisotopic (exact) mass is 410 g/mol. The van der Waals surface area contributed by atoms with Crippen molar-refractivity contribution in [2.24, 2.45) is 11.7 Å². The summed E-state index contributed by atoms with van der Waals surface area (Å²) in [5, 5.41) is 1.19. The molecular formula is C24H34N4O2. The molecule has 30 heavy (non-hydrogen) atoms. The average molecular weight is 411 g/mol. The minimum atomic E-state index is -0.321. The number of piperidine rings is 1. The lowest BCUT2D eigenvalue weighted by atomic mass is 9.94. The van der Waals surface area contributed by atoms with Crippen molar-refractivity contribution in [2.45, 2.75) is 58.5 Å². The second kappa shape index (κ2) is 9.21. The highest BCUT2D eigenvalue weighted by Crippen LogP contribution is 2.29. The maximum absolute atomic E-state index is 13.0. The Morgan fingerprint density at radius 1 is 1.00 bits per heavy atom. The number of fused-ring (bicyclic) bond motifs is 1. The first-order chi connectivity index (χ1) is 14.5. The summed E-state index contributed by atoms with van der Waals surface area (Å²) in [6.07, 6.45) is 6.69. The number of benzene rings is 1. The Bertz CT molecular complexity index is 903. The summed E-state index contributed by atoms with van der Waals surface area (Å²) in [6, 6.07) is 8.24. The van der Waals surface area contributed by atoms with Crippen molar-refractivity contribution in [1.29, 1.82) is 0 Å². The summed E-state index contributed by atoms with van der Waals surface area (Å²) in [5.74, 6) is 0.237. The number of carbonyl (C=O) groups is 2. The van der Waals surface area contributed by atoms with E-state index in [0.29, 0.717) is 5.91 Å². The number of nitrogens with two attached hydrogens (primary N) is 1. The third-order valence-corrected chi connectivity index (χ3v) is 6.91. The Balaban J connectivity index is 1.43. The van der Waals surface area contributed by atoms with Crippen LogP contribution in [-0.4, -0.2) is 52.4 Å². The number of para-hydroxylation sites is 1. The van der Waals surface area contributed by atoms with Crippen LogP contribution < -0.4 is 5.73 Å². The molecule has 0 bridgehead atoms. The first kappa shape index (κ1) is 20.9. The number of amides is 2. The van der Waals surface area contributed by atoms with Gasteiger partial charge in [0.25, 0.3) is 0 Å². The van der Waals surface area contributed by atoms with Gasteiger partial charge in [-0.15, -0.1) is 0 Å². The molecule has 0 saturated carbocycles. The number of hydrogen-bond donors (Lipinski definition) is 1. The summed E-state index contributed by atoms with van der Waals surface area (Å²) in [4.78, 5) is 29.1. The lowest BCUT2D eigenvalue weighted by Crippen LogP contribution is -2.42. The predicted octanol–water partition coefficient (Wildman–Crippen LogP) is 3.05. The van der Waals surface area contributed by atoms with E-state index in [4.69, 9.17) is 5.73 Å². The van der Waals surface area contributed by atoms with Gasteiger partial charge in [0, 0.05) is 42.1 Å². The Morgan fingerprint density at radius 3 is 2.33 bits per heavy atom. The minimum Gasteiger partial charge on any atom is -0.368 e. The van der Waals surface area contributed by atoms with Crippen LogP contribution in [0.2, 0.25) is 0 Å². The molecule has 6 nitrogen and oxygen atoms in total. The van der Waals surface area contributed by atoms with Gasteiger partial charge in [0.2, 0.25) is 11.8 Å². The molecule has 2 N–H and O–H groups in total. The van der Waals surface area contributed by atoms with E-state index in [1.807, 2.05) is 16.7 Å². The van der Waals surface area contributed by atoms with Gasteiger partial charge in [-0.25, -0.2) is 0 Å². The molecule has 2 aliphatic rings. The van der Waals surface area contributed by atoms with E-state index in [0.717, 1.165) is 69.6 Å². The maximum Gasteiger partial charge on any atom is 0.237 e. The zero-order valence-electron chi connectivity index (χ0n) is 18.1. The molecule has 0 atom stereocenters. The highest BCUT2D eigenvalue weighted by atomic mass is 16.2. The van der Waals surface area contributed by atoms with Crippen molar-refractivity contribution in [1.82, 2.24) is 14.4 Å². The van der Waals surface area contributed by atoms with E-state index >= 15 is 0 Å². The fourth-order valence-corrected chi connectivity index (χ4v) is 5.17. The van der Waals surface area contributed by atoms with Crippen molar-refractivity contribution in [3.8, 4) is 0 Å². The largest absolute Gasteiger partial charge is 0.368 e. The Kier molecular flexibility index (Phi) is 6.42. The van der Waals surface area contributed by atoms with E-state index in [2.05, 4.69) is 28.9 Å². The van der Waals surface area contributed by atoms with Gasteiger partial charge in [-0.05, 0) is 57.3 Å². The molecule has 0 spiro atoms. The number of rotatable bonds is 5. The molecule has 1 aromatic heterocycles. The van der Waals surface area contributed by atoms with Gasteiger partial charge in [0.1, 0.15) is 6.54 Å². The Labute approximate surface area is 179 Å². The van der Waals surface area contributed by atoms with Crippen LogP contribution in [-0.2, 0) is 22.7 Å². The number of hydrogen-bond acceptors (Lipinski definition) is 3. The fourth-order valence-electron chi connectivity index (χ4n) is 5.17. The molecule has 2 amide bonds. The molecule has 3 heterocycles. The van der Waals surface area contributed by atoms with E-state index < -0.39 is 0 Å². The molecule has 2 fully saturated rings. The van der Waals surface area contributed by atoms with Gasteiger partial charge in [-0.2, -0.15) is 0 Å². The van der Waals surface area contributed by atoms with Crippen LogP contribution in [0, 0.1) is 12.8 Å². The first-order valence-corrected chi connectivity index (χ1v) is 11.4. The molecular weight excluding hydrogens is 376 g/mol. The smallest absolute Gasteiger partial charge is 0.237 e. The van der Waals surface area contributed by atoms with E-state index in [1.54, 1.807) is 0 Å². The van der Waals surface area contributed by atoms with Crippen molar-refractivity contribution in [3.63, 3.8) is 0 Å². The molecule has 6 heteroatoms. The predicted molar refractivity (Wildman–Crippen MR) is 119 cm³/mol. The van der Waals surface area contributed by atoms with Gasteiger partial charge in [0.05, 0.1) is 0 Å². The summed E-state index contributed by atoms with van der Waals surface area (Å²) in [6.45, 7) is 6.91. The molecule has 0 radical (unpaired) electrons. The number of aromatic nitrogens is 1. The molecule has 1 aromatic carbocycles. The fraction of sp³-hybridized carbons (Fsp3) is 0.583. The minimum absolute atomic E-state index is 0.177. The molecule has 0 unspecified atom stereocenters. The molecule has 0 aliphatic carbocycles. The van der Waals surface area contributed by atoms with Crippen LogP contribution in [0.15, 0.2) is 24.3 Å². The summed E-state index contributed by atoms with van der Waals surface area (Å²) < 4.78 is 2.03. The Morgan fingerprint density at radius 2 is 1.67 bits per heavy atom. The van der Waals surface area contributed by atoms with Gasteiger partial charge < -0.3 is 15.2 Å². The lowest BCUT2D eigenvalue weighted by molar-refractivity contribution is -0.137. The quantitative estimate of drug-likeness (QED) is 0.823. The van der Waals surface area contributed by atoms with E-state index in [1.165, 1.54) is 23.8 Å². The molecule has 4 rings (SSSR count). The molecule has 2 aromatic rings. The van der Waals surface area contributed by atoms with Crippen molar-refractivity contribution < 1.29 is 9.59 Å². The van der Waals surface area contributed by atoms with Gasteiger partial charge in [-0.3, -0.25) is 14.5 Å². The second-order valence-corrected chi connectivity index (χ2v) is 8.92. The highest BCUT2D eigenvalue weighted by Gasteiger charge is 2.29.